The summed E-state index contributed by atoms with van der Waals surface area (Å²) in [6.07, 6.45) is 2.55. The molecule has 0 saturated heterocycles. The number of hydrogen-bond acceptors (Lipinski definition) is 2. The zero-order chi connectivity index (χ0) is 15.0. The van der Waals surface area contributed by atoms with Gasteiger partial charge in [-0.2, -0.15) is 0 Å². The predicted molar refractivity (Wildman–Crippen MR) is 81.8 cm³/mol. The Morgan fingerprint density at radius 1 is 1.30 bits per heavy atom. The molecule has 0 fully saturated rings. The Labute approximate surface area is 121 Å². The van der Waals surface area contributed by atoms with Crippen LogP contribution in [0.25, 0.3) is 0 Å². The van der Waals surface area contributed by atoms with Gasteiger partial charge in [-0.25, -0.2) is 4.79 Å². The second kappa shape index (κ2) is 8.25. The molecule has 0 radical (unpaired) electrons. The lowest BCUT2D eigenvalue weighted by atomic mass is 10.1. The van der Waals surface area contributed by atoms with E-state index in [1.54, 1.807) is 13.3 Å². The molecule has 0 aliphatic carbocycles. The van der Waals surface area contributed by atoms with E-state index in [1.165, 1.54) is 5.56 Å². The van der Waals surface area contributed by atoms with Crippen LogP contribution in [0.1, 0.15) is 26.3 Å². The first-order chi connectivity index (χ1) is 9.52. The van der Waals surface area contributed by atoms with Gasteiger partial charge >= 0.3 is 6.03 Å². The number of ether oxygens (including phenoxy) is 1. The van der Waals surface area contributed by atoms with Gasteiger partial charge in [0.1, 0.15) is 5.75 Å². The molecule has 1 aromatic carbocycles. The summed E-state index contributed by atoms with van der Waals surface area (Å²) >= 11 is 0. The van der Waals surface area contributed by atoms with Crippen LogP contribution in [0.15, 0.2) is 36.0 Å². The molecule has 0 aliphatic heterocycles. The summed E-state index contributed by atoms with van der Waals surface area (Å²) in [7, 11) is 1.65. The Hall–Kier alpha value is -1.97. The molecule has 0 saturated carbocycles. The molecular formula is C16H24N2O2. The van der Waals surface area contributed by atoms with Gasteiger partial charge in [0.15, 0.2) is 0 Å². The van der Waals surface area contributed by atoms with Crippen molar-refractivity contribution in [2.45, 2.75) is 27.2 Å². The molecule has 2 N–H and O–H groups in total. The first kappa shape index (κ1) is 16.1. The van der Waals surface area contributed by atoms with Crippen LogP contribution in [0.5, 0.6) is 5.75 Å². The van der Waals surface area contributed by atoms with Crippen LogP contribution in [-0.2, 0) is 6.42 Å². The van der Waals surface area contributed by atoms with E-state index in [0.29, 0.717) is 12.5 Å². The van der Waals surface area contributed by atoms with Crippen LogP contribution in [0, 0.1) is 5.92 Å². The van der Waals surface area contributed by atoms with Gasteiger partial charge in [-0.15, -0.1) is 0 Å². The van der Waals surface area contributed by atoms with Crippen LogP contribution in [0.3, 0.4) is 0 Å². The van der Waals surface area contributed by atoms with Gasteiger partial charge < -0.3 is 15.4 Å². The molecule has 4 nitrogen and oxygen atoms in total. The first-order valence-corrected chi connectivity index (χ1v) is 6.87. The Morgan fingerprint density at radius 3 is 2.50 bits per heavy atom. The highest BCUT2D eigenvalue weighted by Crippen LogP contribution is 2.11. The van der Waals surface area contributed by atoms with Crippen molar-refractivity contribution in [1.82, 2.24) is 10.6 Å². The van der Waals surface area contributed by atoms with Crippen molar-refractivity contribution in [2.24, 2.45) is 5.92 Å². The number of hydrogen-bond donors (Lipinski definition) is 2. The summed E-state index contributed by atoms with van der Waals surface area (Å²) < 4.78 is 5.10. The van der Waals surface area contributed by atoms with Gasteiger partial charge in [-0.1, -0.05) is 31.6 Å². The third-order valence-electron chi connectivity index (χ3n) is 3.20. The standard InChI is InChI=1S/C16H24N2O2/c1-12(2)13(3)11-18-16(19)17-10-9-14-5-7-15(20-4)8-6-14/h5-8,11-12H,9-10H2,1-4H3,(H2,17,18,19)/b13-11+. The monoisotopic (exact) mass is 276 g/mol. The van der Waals surface area contributed by atoms with Gasteiger partial charge in [0.25, 0.3) is 0 Å². The van der Waals surface area contributed by atoms with Crippen molar-refractivity contribution in [3.05, 3.63) is 41.6 Å². The largest absolute Gasteiger partial charge is 0.497 e. The van der Waals surface area contributed by atoms with E-state index >= 15 is 0 Å². The zero-order valence-corrected chi connectivity index (χ0v) is 12.7. The van der Waals surface area contributed by atoms with Gasteiger partial charge in [0.05, 0.1) is 7.11 Å². The molecule has 0 unspecified atom stereocenters. The van der Waals surface area contributed by atoms with Crippen molar-refractivity contribution in [3.63, 3.8) is 0 Å². The van der Waals surface area contributed by atoms with E-state index in [2.05, 4.69) is 24.5 Å². The summed E-state index contributed by atoms with van der Waals surface area (Å²) in [5.74, 6) is 1.28. The molecule has 0 aromatic heterocycles. The van der Waals surface area contributed by atoms with Crippen molar-refractivity contribution in [2.75, 3.05) is 13.7 Å². The lowest BCUT2D eigenvalue weighted by Crippen LogP contribution is -2.33. The SMILES string of the molecule is COc1ccc(CCNC(=O)N/C=C(\C)C(C)C)cc1. The fourth-order valence-corrected chi connectivity index (χ4v) is 1.51. The maximum atomic E-state index is 11.6. The highest BCUT2D eigenvalue weighted by atomic mass is 16.5. The van der Waals surface area contributed by atoms with Crippen molar-refractivity contribution in [1.29, 1.82) is 0 Å². The summed E-state index contributed by atoms with van der Waals surface area (Å²) in [5.41, 5.74) is 2.32. The number of carbonyl (C=O) groups is 1. The lowest BCUT2D eigenvalue weighted by molar-refractivity contribution is 0.244. The molecule has 0 spiro atoms. The van der Waals surface area contributed by atoms with Crippen LogP contribution in [-0.4, -0.2) is 19.7 Å². The van der Waals surface area contributed by atoms with E-state index in [-0.39, 0.29) is 6.03 Å². The van der Waals surface area contributed by atoms with E-state index in [1.807, 2.05) is 31.2 Å². The quantitative estimate of drug-likeness (QED) is 0.839. The molecule has 0 heterocycles. The van der Waals surface area contributed by atoms with Crippen molar-refractivity contribution >= 4 is 6.03 Å². The van der Waals surface area contributed by atoms with Gasteiger partial charge in [0.2, 0.25) is 0 Å². The maximum Gasteiger partial charge on any atom is 0.318 e. The molecule has 20 heavy (non-hydrogen) atoms. The fourth-order valence-electron chi connectivity index (χ4n) is 1.51. The van der Waals surface area contributed by atoms with E-state index in [9.17, 15) is 4.79 Å². The number of benzene rings is 1. The predicted octanol–water partition coefficient (Wildman–Crippen LogP) is 3.10. The number of rotatable bonds is 6. The maximum absolute atomic E-state index is 11.6. The summed E-state index contributed by atoms with van der Waals surface area (Å²) in [5, 5.41) is 5.56. The third kappa shape index (κ3) is 5.78. The van der Waals surface area contributed by atoms with Gasteiger partial charge in [0, 0.05) is 12.7 Å². The minimum absolute atomic E-state index is 0.168. The van der Waals surface area contributed by atoms with Crippen LogP contribution < -0.4 is 15.4 Å². The average molecular weight is 276 g/mol. The molecule has 1 aromatic rings. The van der Waals surface area contributed by atoms with Gasteiger partial charge in [-0.05, 0) is 37.0 Å². The van der Waals surface area contributed by atoms with E-state index in [4.69, 9.17) is 4.74 Å². The molecule has 0 atom stereocenters. The summed E-state index contributed by atoms with van der Waals surface area (Å²) in [6.45, 7) is 6.79. The Morgan fingerprint density at radius 2 is 1.95 bits per heavy atom. The number of amides is 2. The molecular weight excluding hydrogens is 252 g/mol. The number of carbonyl (C=O) groups excluding carboxylic acids is 1. The molecule has 4 heteroatoms. The highest BCUT2D eigenvalue weighted by Gasteiger charge is 2.00. The second-order valence-electron chi connectivity index (χ2n) is 5.04. The summed E-state index contributed by atoms with van der Waals surface area (Å²) in [4.78, 5) is 11.6. The summed E-state index contributed by atoms with van der Waals surface area (Å²) in [6, 6.07) is 7.68. The molecule has 0 bridgehead atoms. The Balaban J connectivity index is 2.29. The van der Waals surface area contributed by atoms with Crippen LogP contribution in [0.2, 0.25) is 0 Å². The zero-order valence-electron chi connectivity index (χ0n) is 12.7. The van der Waals surface area contributed by atoms with Crippen LogP contribution >= 0.6 is 0 Å². The minimum Gasteiger partial charge on any atom is -0.497 e. The molecule has 110 valence electrons. The van der Waals surface area contributed by atoms with Crippen LogP contribution in [0.4, 0.5) is 4.79 Å². The minimum atomic E-state index is -0.168. The first-order valence-electron chi connectivity index (χ1n) is 6.87. The second-order valence-corrected chi connectivity index (χ2v) is 5.04. The number of methoxy groups -OCH3 is 1. The number of nitrogens with one attached hydrogen (secondary N) is 2. The molecule has 1 rings (SSSR count). The lowest BCUT2D eigenvalue weighted by Gasteiger charge is -2.08. The normalized spacial score (nSPS) is 11.3. The third-order valence-corrected chi connectivity index (χ3v) is 3.20. The van der Waals surface area contributed by atoms with E-state index in [0.717, 1.165) is 17.7 Å². The van der Waals surface area contributed by atoms with Crippen molar-refractivity contribution < 1.29 is 9.53 Å². The topological polar surface area (TPSA) is 50.4 Å². The fraction of sp³-hybridized carbons (Fsp3) is 0.438. The number of allylic oxidation sites excluding steroid dienone is 1. The van der Waals surface area contributed by atoms with Gasteiger partial charge in [-0.3, -0.25) is 0 Å². The molecule has 0 aliphatic rings. The van der Waals surface area contributed by atoms with E-state index < -0.39 is 0 Å². The van der Waals surface area contributed by atoms with Crippen molar-refractivity contribution in [3.8, 4) is 5.75 Å². The Kier molecular flexibility index (Phi) is 6.64. The molecule has 2 amide bonds. The Bertz CT molecular complexity index is 450. The average Bonchev–Trinajstić information content (AvgIpc) is 2.45. The number of urea groups is 1. The smallest absolute Gasteiger partial charge is 0.318 e. The highest BCUT2D eigenvalue weighted by molar-refractivity contribution is 5.74.